The molecule has 3 nitrogen and oxygen atoms in total. The normalized spacial score (nSPS) is 10.1. The van der Waals surface area contributed by atoms with E-state index in [1.165, 1.54) is 0 Å². The third-order valence-electron chi connectivity index (χ3n) is 2.36. The second-order valence-corrected chi connectivity index (χ2v) is 5.52. The molecule has 0 saturated carbocycles. The van der Waals surface area contributed by atoms with Gasteiger partial charge in [-0.2, -0.15) is 0 Å². The molecule has 2 rings (SSSR count). The number of amides is 1. The van der Waals surface area contributed by atoms with Gasteiger partial charge in [-0.25, -0.2) is 0 Å². The zero-order chi connectivity index (χ0) is 13.1. The van der Waals surface area contributed by atoms with Crippen molar-refractivity contribution >= 4 is 49.1 Å². The summed E-state index contributed by atoms with van der Waals surface area (Å²) in [5, 5.41) is 2.79. The first-order chi connectivity index (χ1) is 8.56. The molecule has 0 saturated heterocycles. The fourth-order valence-electron chi connectivity index (χ4n) is 1.46. The van der Waals surface area contributed by atoms with Crippen LogP contribution in [-0.2, 0) is 0 Å². The van der Waals surface area contributed by atoms with Gasteiger partial charge in [0.25, 0.3) is 5.91 Å². The third kappa shape index (κ3) is 3.11. The van der Waals surface area contributed by atoms with Crippen molar-refractivity contribution in [3.63, 3.8) is 0 Å². The molecule has 0 atom stereocenters. The van der Waals surface area contributed by atoms with Crippen LogP contribution < -0.4 is 11.1 Å². The number of nitrogens with two attached hydrogens (primary N) is 1. The minimum absolute atomic E-state index is 0.226. The van der Waals surface area contributed by atoms with Crippen LogP contribution in [0, 0.1) is 0 Å². The van der Waals surface area contributed by atoms with Crippen LogP contribution in [0.2, 0.25) is 0 Å². The highest BCUT2D eigenvalue weighted by Gasteiger charge is 2.10. The number of carbonyl (C=O) groups excluding carboxylic acids is 1. The van der Waals surface area contributed by atoms with Gasteiger partial charge in [0.2, 0.25) is 0 Å². The average Bonchev–Trinajstić information content (AvgIpc) is 2.35. The second kappa shape index (κ2) is 5.54. The molecule has 1 amide bonds. The number of carbonyl (C=O) groups is 1. The summed E-state index contributed by atoms with van der Waals surface area (Å²) < 4.78 is 1.78. The maximum atomic E-state index is 12.0. The predicted octanol–water partition coefficient (Wildman–Crippen LogP) is 4.05. The van der Waals surface area contributed by atoms with E-state index in [2.05, 4.69) is 37.2 Å². The van der Waals surface area contributed by atoms with Crippen molar-refractivity contribution in [2.75, 3.05) is 11.1 Å². The number of hydrogen-bond acceptors (Lipinski definition) is 2. The lowest BCUT2D eigenvalue weighted by atomic mass is 10.1. The van der Waals surface area contributed by atoms with E-state index in [0.29, 0.717) is 11.3 Å². The zero-order valence-electron chi connectivity index (χ0n) is 9.28. The van der Waals surface area contributed by atoms with Crippen molar-refractivity contribution in [2.45, 2.75) is 0 Å². The van der Waals surface area contributed by atoms with Crippen molar-refractivity contribution in [3.8, 4) is 0 Å². The van der Waals surface area contributed by atoms with E-state index >= 15 is 0 Å². The van der Waals surface area contributed by atoms with Crippen LogP contribution >= 0.6 is 31.9 Å². The third-order valence-corrected chi connectivity index (χ3v) is 3.38. The molecule has 18 heavy (non-hydrogen) atoms. The number of rotatable bonds is 2. The van der Waals surface area contributed by atoms with Gasteiger partial charge in [-0.15, -0.1) is 0 Å². The molecule has 0 fully saturated rings. The lowest BCUT2D eigenvalue weighted by Crippen LogP contribution is -2.13. The topological polar surface area (TPSA) is 55.1 Å². The monoisotopic (exact) mass is 368 g/mol. The Bertz CT molecular complexity index is 582. The average molecular weight is 370 g/mol. The zero-order valence-corrected chi connectivity index (χ0v) is 12.5. The van der Waals surface area contributed by atoms with Gasteiger partial charge in [0, 0.05) is 20.3 Å². The van der Waals surface area contributed by atoms with Gasteiger partial charge in [-0.1, -0.05) is 31.9 Å². The highest BCUT2D eigenvalue weighted by molar-refractivity contribution is 9.10. The van der Waals surface area contributed by atoms with Crippen molar-refractivity contribution in [3.05, 3.63) is 57.0 Å². The molecule has 0 spiro atoms. The van der Waals surface area contributed by atoms with Crippen LogP contribution in [0.4, 0.5) is 11.4 Å². The molecule has 5 heteroatoms. The maximum absolute atomic E-state index is 12.0. The summed E-state index contributed by atoms with van der Waals surface area (Å²) in [6.45, 7) is 0. The van der Waals surface area contributed by atoms with Crippen LogP contribution in [0.25, 0.3) is 0 Å². The summed E-state index contributed by atoms with van der Waals surface area (Å²) in [6, 6.07) is 12.5. The van der Waals surface area contributed by atoms with Crippen molar-refractivity contribution in [1.82, 2.24) is 0 Å². The number of hydrogen-bond donors (Lipinski definition) is 2. The molecule has 0 aliphatic carbocycles. The van der Waals surface area contributed by atoms with Gasteiger partial charge in [-0.05, 0) is 42.5 Å². The van der Waals surface area contributed by atoms with Crippen LogP contribution in [0.5, 0.6) is 0 Å². The van der Waals surface area contributed by atoms with Crippen LogP contribution in [0.15, 0.2) is 51.4 Å². The summed E-state index contributed by atoms with van der Waals surface area (Å²) >= 11 is 6.66. The molecule has 0 radical (unpaired) electrons. The largest absolute Gasteiger partial charge is 0.398 e. The smallest absolute Gasteiger partial charge is 0.257 e. The summed E-state index contributed by atoms with van der Waals surface area (Å²) in [4.78, 5) is 12.0. The Morgan fingerprint density at radius 1 is 1.00 bits per heavy atom. The molecule has 0 unspecified atom stereocenters. The Morgan fingerprint density at radius 2 is 1.61 bits per heavy atom. The lowest BCUT2D eigenvalue weighted by Gasteiger charge is -2.08. The van der Waals surface area contributed by atoms with Gasteiger partial charge in [-0.3, -0.25) is 4.79 Å². The molecule has 0 aliphatic heterocycles. The maximum Gasteiger partial charge on any atom is 0.257 e. The predicted molar refractivity (Wildman–Crippen MR) is 80.6 cm³/mol. The molecule has 3 N–H and O–H groups in total. The van der Waals surface area contributed by atoms with E-state index in [1.54, 1.807) is 18.2 Å². The van der Waals surface area contributed by atoms with Gasteiger partial charge in [0.15, 0.2) is 0 Å². The molecule has 92 valence electrons. The SMILES string of the molecule is Nc1ccc(Br)cc1C(=O)Nc1ccc(Br)cc1. The van der Waals surface area contributed by atoms with Gasteiger partial charge < -0.3 is 11.1 Å². The molecule has 2 aromatic rings. The highest BCUT2D eigenvalue weighted by atomic mass is 79.9. The van der Waals surface area contributed by atoms with Crippen LogP contribution in [0.1, 0.15) is 10.4 Å². The summed E-state index contributed by atoms with van der Waals surface area (Å²) in [5.74, 6) is -0.226. The van der Waals surface area contributed by atoms with Crippen LogP contribution in [-0.4, -0.2) is 5.91 Å². The molecule has 0 bridgehead atoms. The van der Waals surface area contributed by atoms with Crippen LogP contribution in [0.3, 0.4) is 0 Å². The lowest BCUT2D eigenvalue weighted by molar-refractivity contribution is 0.102. The standard InChI is InChI=1S/C13H10Br2N2O/c14-8-1-4-10(5-2-8)17-13(18)11-7-9(15)3-6-12(11)16/h1-7H,16H2,(H,17,18). The van der Waals surface area contributed by atoms with Crippen molar-refractivity contribution in [1.29, 1.82) is 0 Å². The minimum atomic E-state index is -0.226. The first-order valence-electron chi connectivity index (χ1n) is 5.18. The van der Waals surface area contributed by atoms with Gasteiger partial charge >= 0.3 is 0 Å². The summed E-state index contributed by atoms with van der Waals surface area (Å²) in [7, 11) is 0. The Hall–Kier alpha value is -1.33. The van der Waals surface area contributed by atoms with E-state index in [1.807, 2.05) is 24.3 Å². The summed E-state index contributed by atoms with van der Waals surface area (Å²) in [6.07, 6.45) is 0. The Kier molecular flexibility index (Phi) is 4.04. The highest BCUT2D eigenvalue weighted by Crippen LogP contribution is 2.20. The molecule has 0 aliphatic rings. The molecular weight excluding hydrogens is 360 g/mol. The second-order valence-electron chi connectivity index (χ2n) is 3.69. The van der Waals surface area contributed by atoms with E-state index in [9.17, 15) is 4.79 Å². The van der Waals surface area contributed by atoms with E-state index in [-0.39, 0.29) is 5.91 Å². The van der Waals surface area contributed by atoms with E-state index in [4.69, 9.17) is 5.73 Å². The Balaban J connectivity index is 2.21. The van der Waals surface area contributed by atoms with Gasteiger partial charge in [0.05, 0.1) is 5.56 Å². The van der Waals surface area contributed by atoms with Crippen molar-refractivity contribution < 1.29 is 4.79 Å². The quantitative estimate of drug-likeness (QED) is 0.784. The van der Waals surface area contributed by atoms with Gasteiger partial charge in [0.1, 0.15) is 0 Å². The Morgan fingerprint density at radius 3 is 2.28 bits per heavy atom. The molecule has 2 aromatic carbocycles. The molecular formula is C13H10Br2N2O. The first kappa shape index (κ1) is 13.1. The molecule has 0 heterocycles. The van der Waals surface area contributed by atoms with E-state index in [0.717, 1.165) is 14.6 Å². The number of nitrogens with one attached hydrogen (secondary N) is 1. The van der Waals surface area contributed by atoms with E-state index < -0.39 is 0 Å². The molecule has 0 aromatic heterocycles. The first-order valence-corrected chi connectivity index (χ1v) is 6.77. The summed E-state index contributed by atoms with van der Waals surface area (Å²) in [5.41, 5.74) is 7.41. The minimum Gasteiger partial charge on any atom is -0.398 e. The fraction of sp³-hybridized carbons (Fsp3) is 0. The fourth-order valence-corrected chi connectivity index (χ4v) is 2.08. The Labute approximate surface area is 122 Å². The van der Waals surface area contributed by atoms with Crippen molar-refractivity contribution in [2.24, 2.45) is 0 Å². The number of benzene rings is 2. The number of nitrogen functional groups attached to an aromatic ring is 1. The number of halogens is 2. The number of anilines is 2.